The van der Waals surface area contributed by atoms with E-state index in [0.29, 0.717) is 62.2 Å². The van der Waals surface area contributed by atoms with Crippen LogP contribution in [0.4, 0.5) is 11.4 Å². The molecule has 0 spiro atoms. The minimum absolute atomic E-state index is 0.208. The van der Waals surface area contributed by atoms with Gasteiger partial charge in [-0.2, -0.15) is 0 Å². The van der Waals surface area contributed by atoms with Crippen molar-refractivity contribution in [2.24, 2.45) is 0 Å². The van der Waals surface area contributed by atoms with E-state index in [0.717, 1.165) is 11.1 Å². The maximum Gasteiger partial charge on any atom is 0.262 e. The molecule has 1 aliphatic heterocycles. The van der Waals surface area contributed by atoms with Gasteiger partial charge in [0.05, 0.1) is 37.0 Å². The normalized spacial score (nSPS) is 15.3. The van der Waals surface area contributed by atoms with E-state index in [9.17, 15) is 8.42 Å². The SMILES string of the molecule is CN(C)c1cccc2c(S(=O)(=O)Nc3ccc4c(c3)OCCOCCOCCO4)cccc12. The first kappa shape index (κ1) is 23.2. The Morgan fingerprint density at radius 1 is 0.758 bits per heavy atom. The van der Waals surface area contributed by atoms with Gasteiger partial charge in [0.25, 0.3) is 10.0 Å². The van der Waals surface area contributed by atoms with E-state index >= 15 is 0 Å². The van der Waals surface area contributed by atoms with E-state index in [2.05, 4.69) is 4.72 Å². The number of anilines is 2. The molecule has 1 aliphatic rings. The monoisotopic (exact) mass is 472 g/mol. The Morgan fingerprint density at radius 3 is 2.12 bits per heavy atom. The van der Waals surface area contributed by atoms with E-state index in [1.165, 1.54) is 0 Å². The molecule has 0 aliphatic carbocycles. The minimum Gasteiger partial charge on any atom is -0.487 e. The molecule has 0 saturated heterocycles. The largest absolute Gasteiger partial charge is 0.487 e. The van der Waals surface area contributed by atoms with Gasteiger partial charge in [-0.25, -0.2) is 8.42 Å². The summed E-state index contributed by atoms with van der Waals surface area (Å²) in [4.78, 5) is 2.17. The summed E-state index contributed by atoms with van der Waals surface area (Å²) in [6, 6.07) is 15.9. The molecule has 4 rings (SSSR count). The number of fused-ring (bicyclic) bond motifs is 2. The minimum atomic E-state index is -3.86. The molecule has 9 heteroatoms. The summed E-state index contributed by atoms with van der Waals surface area (Å²) in [6.07, 6.45) is 0. The van der Waals surface area contributed by atoms with Crippen LogP contribution in [0.25, 0.3) is 10.8 Å². The van der Waals surface area contributed by atoms with Gasteiger partial charge in [0, 0.05) is 36.6 Å². The Labute approximate surface area is 194 Å². The van der Waals surface area contributed by atoms with Crippen LogP contribution in [0.1, 0.15) is 0 Å². The molecule has 1 N–H and O–H groups in total. The van der Waals surface area contributed by atoms with E-state index in [1.54, 1.807) is 30.3 Å². The van der Waals surface area contributed by atoms with E-state index in [4.69, 9.17) is 18.9 Å². The standard InChI is InChI=1S/C24H28N2O6S/c1-26(2)21-7-3-6-20-19(21)5-4-8-24(20)33(27,28)25-18-9-10-22-23(17-18)32-16-14-30-12-11-29-13-15-31-22/h3-10,17,25H,11-16H2,1-2H3. The van der Waals surface area contributed by atoms with Gasteiger partial charge in [-0.05, 0) is 24.3 Å². The zero-order valence-corrected chi connectivity index (χ0v) is 19.6. The van der Waals surface area contributed by atoms with Crippen molar-refractivity contribution in [3.63, 3.8) is 0 Å². The molecule has 0 bridgehead atoms. The molecule has 0 aromatic heterocycles. The molecule has 0 radical (unpaired) electrons. The molecule has 0 saturated carbocycles. The average molecular weight is 473 g/mol. The lowest BCUT2D eigenvalue weighted by Gasteiger charge is -2.18. The third-order valence-corrected chi connectivity index (χ3v) is 6.61. The molecule has 0 fully saturated rings. The smallest absolute Gasteiger partial charge is 0.262 e. The van der Waals surface area contributed by atoms with Crippen LogP contribution in [0.15, 0.2) is 59.5 Å². The molecule has 3 aromatic rings. The highest BCUT2D eigenvalue weighted by molar-refractivity contribution is 7.93. The predicted molar refractivity (Wildman–Crippen MR) is 128 cm³/mol. The van der Waals surface area contributed by atoms with Crippen molar-refractivity contribution in [3.05, 3.63) is 54.6 Å². The van der Waals surface area contributed by atoms with Gasteiger partial charge in [-0.3, -0.25) is 4.72 Å². The number of nitrogens with zero attached hydrogens (tertiary/aromatic N) is 1. The van der Waals surface area contributed by atoms with Gasteiger partial charge < -0.3 is 23.8 Å². The fourth-order valence-electron chi connectivity index (χ4n) is 3.65. The first-order valence-electron chi connectivity index (χ1n) is 10.7. The molecule has 3 aromatic carbocycles. The Bertz CT molecular complexity index is 1210. The molecular weight excluding hydrogens is 444 g/mol. The third kappa shape index (κ3) is 5.50. The molecule has 8 nitrogen and oxygen atoms in total. The summed E-state index contributed by atoms with van der Waals surface area (Å²) in [7, 11) is 0.00117. The number of hydrogen-bond donors (Lipinski definition) is 1. The van der Waals surface area contributed by atoms with Crippen molar-refractivity contribution in [3.8, 4) is 11.5 Å². The van der Waals surface area contributed by atoms with Crippen molar-refractivity contribution in [2.75, 3.05) is 63.4 Å². The second kappa shape index (κ2) is 10.3. The molecular formula is C24H28N2O6S. The summed E-state index contributed by atoms with van der Waals surface area (Å²) in [5.41, 5.74) is 1.32. The van der Waals surface area contributed by atoms with Crippen molar-refractivity contribution < 1.29 is 27.4 Å². The highest BCUT2D eigenvalue weighted by Gasteiger charge is 2.20. The van der Waals surface area contributed by atoms with Crippen molar-refractivity contribution in [2.45, 2.75) is 4.90 Å². The summed E-state index contributed by atoms with van der Waals surface area (Å²) in [5.74, 6) is 0.954. The summed E-state index contributed by atoms with van der Waals surface area (Å²) < 4.78 is 51.8. The lowest BCUT2D eigenvalue weighted by atomic mass is 10.1. The maximum absolute atomic E-state index is 13.3. The second-order valence-corrected chi connectivity index (χ2v) is 9.36. The van der Waals surface area contributed by atoms with Gasteiger partial charge in [-0.1, -0.05) is 24.3 Å². The van der Waals surface area contributed by atoms with E-state index in [-0.39, 0.29) is 4.90 Å². The molecule has 0 amide bonds. The number of nitrogens with one attached hydrogen (secondary N) is 1. The molecule has 0 unspecified atom stereocenters. The van der Waals surface area contributed by atoms with Crippen LogP contribution in [0.2, 0.25) is 0 Å². The first-order valence-corrected chi connectivity index (χ1v) is 12.2. The number of ether oxygens (including phenoxy) is 4. The van der Waals surface area contributed by atoms with Crippen LogP contribution < -0.4 is 19.1 Å². The van der Waals surface area contributed by atoms with Crippen LogP contribution in [0, 0.1) is 0 Å². The fraction of sp³-hybridized carbons (Fsp3) is 0.333. The Kier molecular flexibility index (Phi) is 7.22. The predicted octanol–water partition coefficient (Wildman–Crippen LogP) is 3.51. The number of hydrogen-bond acceptors (Lipinski definition) is 7. The van der Waals surface area contributed by atoms with Crippen LogP contribution in [0.5, 0.6) is 11.5 Å². The van der Waals surface area contributed by atoms with E-state index < -0.39 is 10.0 Å². The van der Waals surface area contributed by atoms with Crippen LogP contribution in [-0.2, 0) is 19.5 Å². The molecule has 0 atom stereocenters. The summed E-state index contributed by atoms with van der Waals surface area (Å²) in [6.45, 7) is 2.46. The van der Waals surface area contributed by atoms with Crippen LogP contribution in [0.3, 0.4) is 0 Å². The van der Waals surface area contributed by atoms with Gasteiger partial charge in [0.2, 0.25) is 0 Å². The number of benzene rings is 3. The van der Waals surface area contributed by atoms with Crippen molar-refractivity contribution in [1.82, 2.24) is 0 Å². The first-order chi connectivity index (χ1) is 16.0. The van der Waals surface area contributed by atoms with Gasteiger partial charge in [0.15, 0.2) is 11.5 Å². The summed E-state index contributed by atoms with van der Waals surface area (Å²) >= 11 is 0. The van der Waals surface area contributed by atoms with Gasteiger partial charge >= 0.3 is 0 Å². The van der Waals surface area contributed by atoms with Crippen LogP contribution in [-0.4, -0.2) is 62.2 Å². The highest BCUT2D eigenvalue weighted by Crippen LogP contribution is 2.34. The fourth-order valence-corrected chi connectivity index (χ4v) is 4.92. The van der Waals surface area contributed by atoms with E-state index in [1.807, 2.05) is 43.3 Å². The zero-order chi connectivity index (χ0) is 23.3. The zero-order valence-electron chi connectivity index (χ0n) is 18.7. The third-order valence-electron chi connectivity index (χ3n) is 5.17. The van der Waals surface area contributed by atoms with Crippen LogP contribution >= 0.6 is 0 Å². The summed E-state index contributed by atoms with van der Waals surface area (Å²) in [5, 5.41) is 1.51. The van der Waals surface area contributed by atoms with Gasteiger partial charge in [0.1, 0.15) is 13.2 Å². The maximum atomic E-state index is 13.3. The molecule has 176 valence electrons. The Hall–Kier alpha value is -3.01. The average Bonchev–Trinajstić information content (AvgIpc) is 2.79. The topological polar surface area (TPSA) is 86.3 Å². The van der Waals surface area contributed by atoms with Gasteiger partial charge in [-0.15, -0.1) is 0 Å². The number of sulfonamides is 1. The lowest BCUT2D eigenvalue weighted by molar-refractivity contribution is 0.0223. The lowest BCUT2D eigenvalue weighted by Crippen LogP contribution is -2.16. The Morgan fingerprint density at radius 2 is 1.39 bits per heavy atom. The Balaban J connectivity index is 1.63. The molecule has 33 heavy (non-hydrogen) atoms. The van der Waals surface area contributed by atoms with Crippen molar-refractivity contribution in [1.29, 1.82) is 0 Å². The van der Waals surface area contributed by atoms with Crippen molar-refractivity contribution >= 4 is 32.2 Å². The highest BCUT2D eigenvalue weighted by atomic mass is 32.2. The molecule has 1 heterocycles. The number of rotatable bonds is 4. The quantitative estimate of drug-likeness (QED) is 0.622. The second-order valence-electron chi connectivity index (χ2n) is 7.71.